The smallest absolute Gasteiger partial charge is 0.338 e. The Kier molecular flexibility index (Phi) is 8.27. The van der Waals surface area contributed by atoms with Crippen LogP contribution in [0.2, 0.25) is 10.0 Å². The Hall–Kier alpha value is -3.63. The molecule has 5 rings (SSSR count). The van der Waals surface area contributed by atoms with Gasteiger partial charge in [0.2, 0.25) is 0 Å². The molecule has 0 saturated carbocycles. The molecule has 1 aliphatic rings. The van der Waals surface area contributed by atoms with E-state index in [1.165, 1.54) is 30.1 Å². The number of esters is 1. The zero-order valence-corrected chi connectivity index (χ0v) is 24.1. The van der Waals surface area contributed by atoms with Gasteiger partial charge in [0.25, 0.3) is 5.56 Å². The van der Waals surface area contributed by atoms with Crippen LogP contribution in [0.15, 0.2) is 80.1 Å². The molecule has 40 heavy (non-hydrogen) atoms. The normalized spacial score (nSPS) is 15.1. The second kappa shape index (κ2) is 11.9. The van der Waals surface area contributed by atoms with Crippen LogP contribution in [-0.4, -0.2) is 38.0 Å². The number of rotatable bonds is 8. The zero-order valence-electron chi connectivity index (χ0n) is 21.8. The molecule has 0 fully saturated rings. The number of methoxy groups -OCH3 is 2. The molecule has 0 aliphatic carbocycles. The van der Waals surface area contributed by atoms with E-state index in [4.69, 9.17) is 41.8 Å². The summed E-state index contributed by atoms with van der Waals surface area (Å²) >= 11 is 13.7. The molecule has 1 atom stereocenters. The van der Waals surface area contributed by atoms with E-state index in [1.54, 1.807) is 49.4 Å². The van der Waals surface area contributed by atoms with Gasteiger partial charge in [-0.05, 0) is 43.3 Å². The fraction of sp³-hybridized carbons (Fsp3) is 0.207. The topological polar surface area (TPSA) is 92.3 Å². The van der Waals surface area contributed by atoms with Crippen LogP contribution in [0.3, 0.4) is 0 Å². The number of carbonyl (C=O) groups is 1. The molecule has 8 nitrogen and oxygen atoms in total. The average Bonchev–Trinajstić information content (AvgIpc) is 3.53. The summed E-state index contributed by atoms with van der Waals surface area (Å²) in [5, 5.41) is 1.01. The van der Waals surface area contributed by atoms with Gasteiger partial charge < -0.3 is 18.6 Å². The van der Waals surface area contributed by atoms with Gasteiger partial charge in [-0.2, -0.15) is 0 Å². The van der Waals surface area contributed by atoms with Crippen molar-refractivity contribution < 1.29 is 23.4 Å². The van der Waals surface area contributed by atoms with Crippen LogP contribution in [-0.2, 0) is 14.3 Å². The SMILES string of the molecule is COCCOC(=O)C1=C(C)N=c2sc(=Cc3ccc(-c4cc(Cl)ccc4Cl)o3)c(=O)n2C1c1ccccc1OC. The van der Waals surface area contributed by atoms with Crippen molar-refractivity contribution in [3.63, 3.8) is 0 Å². The maximum absolute atomic E-state index is 13.9. The number of fused-ring (bicyclic) bond motifs is 1. The maximum Gasteiger partial charge on any atom is 0.338 e. The van der Waals surface area contributed by atoms with E-state index < -0.39 is 12.0 Å². The number of carbonyl (C=O) groups excluding carboxylic acids is 1. The standard InChI is InChI=1S/C29H24Cl2N2O6S/c1-16-25(28(35)38-13-12-36-2)26(19-6-4-5-7-22(19)37-3)33-27(34)24(40-29(33)32-16)15-18-9-11-23(39-18)20-14-17(30)8-10-21(20)31/h4-11,14-15,26H,12-13H2,1-3H3. The fourth-order valence-corrected chi connectivity index (χ4v) is 5.86. The maximum atomic E-state index is 13.9. The lowest BCUT2D eigenvalue weighted by Gasteiger charge is -2.26. The number of ether oxygens (including phenoxy) is 3. The number of furan rings is 1. The Morgan fingerprint density at radius 3 is 2.70 bits per heavy atom. The van der Waals surface area contributed by atoms with Gasteiger partial charge in [-0.15, -0.1) is 0 Å². The highest BCUT2D eigenvalue weighted by molar-refractivity contribution is 7.07. The van der Waals surface area contributed by atoms with Crippen molar-refractivity contribution in [3.8, 4) is 17.1 Å². The molecule has 0 radical (unpaired) electrons. The number of allylic oxidation sites excluding steroid dienone is 1. The van der Waals surface area contributed by atoms with Crippen LogP contribution in [0, 0.1) is 0 Å². The highest BCUT2D eigenvalue weighted by Crippen LogP contribution is 2.36. The van der Waals surface area contributed by atoms with Crippen LogP contribution in [0.4, 0.5) is 0 Å². The summed E-state index contributed by atoms with van der Waals surface area (Å²) in [4.78, 5) is 32.2. The highest BCUT2D eigenvalue weighted by Gasteiger charge is 2.35. The number of hydrogen-bond donors (Lipinski definition) is 0. The number of halogens is 2. The average molecular weight is 599 g/mol. The van der Waals surface area contributed by atoms with Crippen LogP contribution in [0.5, 0.6) is 5.75 Å². The fourth-order valence-electron chi connectivity index (χ4n) is 4.46. The number of hydrogen-bond acceptors (Lipinski definition) is 8. The molecule has 2 aromatic heterocycles. The largest absolute Gasteiger partial charge is 0.496 e. The van der Waals surface area contributed by atoms with E-state index in [-0.39, 0.29) is 24.3 Å². The zero-order chi connectivity index (χ0) is 28.4. The lowest BCUT2D eigenvalue weighted by atomic mass is 9.95. The molecule has 1 unspecified atom stereocenters. The van der Waals surface area contributed by atoms with Gasteiger partial charge in [0.05, 0.1) is 34.5 Å². The van der Waals surface area contributed by atoms with Crippen molar-refractivity contribution in [1.29, 1.82) is 0 Å². The quantitative estimate of drug-likeness (QED) is 0.209. The number of aromatic nitrogens is 1. The molecule has 4 aromatic rings. The second-order valence-electron chi connectivity index (χ2n) is 8.78. The second-order valence-corrected chi connectivity index (χ2v) is 10.6. The lowest BCUT2D eigenvalue weighted by Crippen LogP contribution is -2.40. The van der Waals surface area contributed by atoms with Gasteiger partial charge in [-0.3, -0.25) is 9.36 Å². The van der Waals surface area contributed by atoms with Crippen molar-refractivity contribution in [2.45, 2.75) is 13.0 Å². The van der Waals surface area contributed by atoms with E-state index in [2.05, 4.69) is 4.99 Å². The third kappa shape index (κ3) is 5.38. The molecule has 3 heterocycles. The van der Waals surface area contributed by atoms with Crippen LogP contribution < -0.4 is 19.6 Å². The Labute approximate surface area is 243 Å². The van der Waals surface area contributed by atoms with Gasteiger partial charge in [0, 0.05) is 29.3 Å². The van der Waals surface area contributed by atoms with Crippen molar-refractivity contribution in [2.75, 3.05) is 27.4 Å². The van der Waals surface area contributed by atoms with Crippen LogP contribution in [0.1, 0.15) is 24.3 Å². The summed E-state index contributed by atoms with van der Waals surface area (Å²) in [5.74, 6) is 0.890. The first-order chi connectivity index (χ1) is 19.3. The van der Waals surface area contributed by atoms with Crippen molar-refractivity contribution in [2.24, 2.45) is 4.99 Å². The summed E-state index contributed by atoms with van der Waals surface area (Å²) in [7, 11) is 3.06. The van der Waals surface area contributed by atoms with Crippen molar-refractivity contribution in [3.05, 3.63) is 107 Å². The first-order valence-electron chi connectivity index (χ1n) is 12.2. The van der Waals surface area contributed by atoms with Gasteiger partial charge in [-0.25, -0.2) is 9.79 Å². The lowest BCUT2D eigenvalue weighted by molar-refractivity contribution is -0.140. The van der Waals surface area contributed by atoms with Gasteiger partial charge >= 0.3 is 5.97 Å². The molecule has 1 aliphatic heterocycles. The monoisotopic (exact) mass is 598 g/mol. The van der Waals surface area contributed by atoms with E-state index in [0.717, 1.165) is 0 Å². The summed E-state index contributed by atoms with van der Waals surface area (Å²) in [5.41, 5.74) is 1.62. The van der Waals surface area contributed by atoms with E-state index in [1.807, 2.05) is 18.2 Å². The molecule has 0 amide bonds. The van der Waals surface area contributed by atoms with Gasteiger partial charge in [0.1, 0.15) is 29.9 Å². The number of benzene rings is 2. The minimum atomic E-state index is -0.818. The number of nitrogens with zero attached hydrogens (tertiary/aromatic N) is 2. The third-order valence-electron chi connectivity index (χ3n) is 6.29. The molecular weight excluding hydrogens is 575 g/mol. The molecule has 0 spiro atoms. The number of thiazole rings is 1. The predicted molar refractivity (Wildman–Crippen MR) is 154 cm³/mol. The van der Waals surface area contributed by atoms with Crippen LogP contribution in [0.25, 0.3) is 17.4 Å². The summed E-state index contributed by atoms with van der Waals surface area (Å²) in [6, 6.07) is 15.0. The highest BCUT2D eigenvalue weighted by atomic mass is 35.5. The summed E-state index contributed by atoms with van der Waals surface area (Å²) in [6.07, 6.45) is 1.64. The van der Waals surface area contributed by atoms with Crippen LogP contribution >= 0.6 is 34.5 Å². The third-order valence-corrected chi connectivity index (χ3v) is 7.84. The predicted octanol–water partition coefficient (Wildman–Crippen LogP) is 5.00. The molecule has 0 N–H and O–H groups in total. The minimum Gasteiger partial charge on any atom is -0.496 e. The summed E-state index contributed by atoms with van der Waals surface area (Å²) < 4.78 is 23.9. The molecule has 0 saturated heterocycles. The molecule has 2 aromatic carbocycles. The van der Waals surface area contributed by atoms with E-state index in [9.17, 15) is 9.59 Å². The molecule has 0 bridgehead atoms. The molecular formula is C29H24Cl2N2O6S. The van der Waals surface area contributed by atoms with Gasteiger partial charge in [-0.1, -0.05) is 52.7 Å². The number of para-hydroxylation sites is 1. The van der Waals surface area contributed by atoms with E-state index in [0.29, 0.717) is 53.5 Å². The Balaban J connectivity index is 1.63. The Morgan fingerprint density at radius 1 is 1.12 bits per heavy atom. The minimum absolute atomic E-state index is 0.0622. The van der Waals surface area contributed by atoms with Crippen molar-refractivity contribution in [1.82, 2.24) is 4.57 Å². The van der Waals surface area contributed by atoms with Crippen molar-refractivity contribution >= 4 is 46.6 Å². The van der Waals surface area contributed by atoms with E-state index >= 15 is 0 Å². The molecule has 206 valence electrons. The first-order valence-corrected chi connectivity index (χ1v) is 13.8. The first kappa shape index (κ1) is 27.9. The Morgan fingerprint density at radius 2 is 1.93 bits per heavy atom. The van der Waals surface area contributed by atoms with Gasteiger partial charge in [0.15, 0.2) is 4.80 Å². The Bertz CT molecular complexity index is 1800. The summed E-state index contributed by atoms with van der Waals surface area (Å²) in [6.45, 7) is 2.02. The molecule has 11 heteroatoms.